The van der Waals surface area contributed by atoms with E-state index in [-0.39, 0.29) is 12.5 Å². The van der Waals surface area contributed by atoms with Crippen LogP contribution in [0, 0.1) is 0 Å². The van der Waals surface area contributed by atoms with E-state index in [9.17, 15) is 9.59 Å². The van der Waals surface area contributed by atoms with Gasteiger partial charge in [0.05, 0.1) is 11.9 Å². The molecular formula is C12H13NO4. The molecule has 0 atom stereocenters. The van der Waals surface area contributed by atoms with Crippen LogP contribution in [0.25, 0.3) is 11.1 Å². The molecule has 0 radical (unpaired) electrons. The lowest BCUT2D eigenvalue weighted by Gasteiger charge is -2.05. The number of benzene rings is 1. The van der Waals surface area contributed by atoms with Crippen molar-refractivity contribution in [3.63, 3.8) is 0 Å². The zero-order valence-electron chi connectivity index (χ0n) is 9.64. The summed E-state index contributed by atoms with van der Waals surface area (Å²) in [5.74, 6) is -1.32. The molecule has 0 bridgehead atoms. The highest BCUT2D eigenvalue weighted by atomic mass is 16.4. The second-order valence-electron chi connectivity index (χ2n) is 4.20. The second-order valence-corrected chi connectivity index (χ2v) is 4.20. The monoisotopic (exact) mass is 235 g/mol. The van der Waals surface area contributed by atoms with Gasteiger partial charge in [0.1, 0.15) is 0 Å². The maximum absolute atomic E-state index is 11.6. The van der Waals surface area contributed by atoms with Crippen molar-refractivity contribution in [1.29, 1.82) is 0 Å². The third kappa shape index (κ3) is 2.08. The molecule has 0 aliphatic rings. The Morgan fingerprint density at radius 1 is 1.47 bits per heavy atom. The molecule has 0 aliphatic carbocycles. The van der Waals surface area contributed by atoms with Crippen molar-refractivity contribution in [3.8, 4) is 0 Å². The molecule has 0 amide bonds. The maximum Gasteiger partial charge on any atom is 0.420 e. The Morgan fingerprint density at radius 3 is 2.76 bits per heavy atom. The summed E-state index contributed by atoms with van der Waals surface area (Å²) in [7, 11) is 0. The first-order valence-corrected chi connectivity index (χ1v) is 5.35. The minimum atomic E-state index is -0.907. The van der Waals surface area contributed by atoms with Crippen molar-refractivity contribution in [2.75, 3.05) is 0 Å². The molecule has 0 saturated heterocycles. The first-order chi connectivity index (χ1) is 7.99. The third-order valence-corrected chi connectivity index (χ3v) is 2.55. The van der Waals surface area contributed by atoms with E-state index in [1.807, 2.05) is 13.8 Å². The van der Waals surface area contributed by atoms with E-state index in [4.69, 9.17) is 9.52 Å². The number of rotatable bonds is 3. The van der Waals surface area contributed by atoms with Gasteiger partial charge in [-0.2, -0.15) is 0 Å². The summed E-state index contributed by atoms with van der Waals surface area (Å²) in [6.45, 7) is 3.78. The van der Waals surface area contributed by atoms with Crippen molar-refractivity contribution in [1.82, 2.24) is 4.57 Å². The van der Waals surface area contributed by atoms with Crippen LogP contribution >= 0.6 is 0 Å². The minimum Gasteiger partial charge on any atom is -0.481 e. The zero-order valence-corrected chi connectivity index (χ0v) is 9.64. The number of aromatic nitrogens is 1. The first kappa shape index (κ1) is 11.4. The van der Waals surface area contributed by atoms with E-state index in [1.165, 1.54) is 0 Å². The van der Waals surface area contributed by atoms with Gasteiger partial charge in [-0.15, -0.1) is 0 Å². The van der Waals surface area contributed by atoms with Crippen LogP contribution < -0.4 is 5.76 Å². The lowest BCUT2D eigenvalue weighted by atomic mass is 10.1. The fraction of sp³-hybridized carbons (Fsp3) is 0.333. The Labute approximate surface area is 97.3 Å². The Kier molecular flexibility index (Phi) is 2.75. The van der Waals surface area contributed by atoms with Crippen LogP contribution in [0.3, 0.4) is 0 Å². The number of fused-ring (bicyclic) bond motifs is 1. The number of aliphatic carboxylic acids is 1. The molecule has 5 heteroatoms. The molecule has 0 spiro atoms. The highest BCUT2D eigenvalue weighted by Gasteiger charge is 2.12. The average Bonchev–Trinajstić information content (AvgIpc) is 2.51. The molecule has 17 heavy (non-hydrogen) atoms. The van der Waals surface area contributed by atoms with Gasteiger partial charge in [-0.25, -0.2) is 4.79 Å². The van der Waals surface area contributed by atoms with Crippen LogP contribution in [0.2, 0.25) is 0 Å². The molecule has 2 rings (SSSR count). The fourth-order valence-electron chi connectivity index (χ4n) is 1.85. The van der Waals surface area contributed by atoms with Gasteiger partial charge in [0.2, 0.25) is 0 Å². The fourth-order valence-corrected chi connectivity index (χ4v) is 1.85. The van der Waals surface area contributed by atoms with E-state index in [0.29, 0.717) is 16.7 Å². The highest BCUT2D eigenvalue weighted by Crippen LogP contribution is 2.18. The van der Waals surface area contributed by atoms with E-state index in [2.05, 4.69) is 0 Å². The first-order valence-electron chi connectivity index (χ1n) is 5.35. The number of carboxylic acids is 1. The number of oxazole rings is 1. The van der Waals surface area contributed by atoms with Crippen LogP contribution in [0.4, 0.5) is 0 Å². The van der Waals surface area contributed by atoms with E-state index in [0.717, 1.165) is 0 Å². The van der Waals surface area contributed by atoms with Gasteiger partial charge in [-0.05, 0) is 31.5 Å². The molecule has 0 aliphatic heterocycles. The Hall–Kier alpha value is -2.04. The lowest BCUT2D eigenvalue weighted by Crippen LogP contribution is -2.15. The third-order valence-electron chi connectivity index (χ3n) is 2.55. The van der Waals surface area contributed by atoms with Crippen LogP contribution in [0.15, 0.2) is 27.4 Å². The van der Waals surface area contributed by atoms with Crippen LogP contribution in [-0.2, 0) is 11.2 Å². The molecule has 1 heterocycles. The second kappa shape index (κ2) is 4.08. The summed E-state index contributed by atoms with van der Waals surface area (Å²) < 4.78 is 6.64. The largest absolute Gasteiger partial charge is 0.481 e. The topological polar surface area (TPSA) is 72.4 Å². The van der Waals surface area contributed by atoms with Gasteiger partial charge in [0.25, 0.3) is 0 Å². The molecule has 0 saturated carbocycles. The molecule has 0 fully saturated rings. The van der Waals surface area contributed by atoms with Crippen LogP contribution in [0.1, 0.15) is 25.5 Å². The Morgan fingerprint density at radius 2 is 2.18 bits per heavy atom. The van der Waals surface area contributed by atoms with Crippen molar-refractivity contribution in [2.45, 2.75) is 26.3 Å². The van der Waals surface area contributed by atoms with Crippen molar-refractivity contribution < 1.29 is 14.3 Å². The van der Waals surface area contributed by atoms with Gasteiger partial charge in [0, 0.05) is 6.04 Å². The summed E-state index contributed by atoms with van der Waals surface area (Å²) in [5, 5.41) is 8.69. The maximum atomic E-state index is 11.6. The normalized spacial score (nSPS) is 11.2. The number of carboxylic acid groups (broad SMARTS) is 1. The minimum absolute atomic E-state index is 0.00840. The molecular weight excluding hydrogens is 222 g/mol. The molecule has 1 N–H and O–H groups in total. The summed E-state index contributed by atoms with van der Waals surface area (Å²) in [5.41, 5.74) is 1.75. The summed E-state index contributed by atoms with van der Waals surface area (Å²) in [6, 6.07) is 5.03. The predicted molar refractivity (Wildman–Crippen MR) is 62.2 cm³/mol. The molecule has 90 valence electrons. The molecule has 5 nitrogen and oxygen atoms in total. The summed E-state index contributed by atoms with van der Waals surface area (Å²) in [4.78, 5) is 22.2. The SMILES string of the molecule is CC(C)n1c(=O)oc2cc(CC(=O)O)ccc21. The molecule has 1 aromatic heterocycles. The lowest BCUT2D eigenvalue weighted by molar-refractivity contribution is -0.136. The smallest absolute Gasteiger partial charge is 0.420 e. The van der Waals surface area contributed by atoms with E-state index in [1.54, 1.807) is 22.8 Å². The van der Waals surface area contributed by atoms with Gasteiger partial charge in [-0.3, -0.25) is 9.36 Å². The zero-order chi connectivity index (χ0) is 12.6. The van der Waals surface area contributed by atoms with Gasteiger partial charge in [0.15, 0.2) is 5.58 Å². The number of carbonyl (C=O) groups is 1. The average molecular weight is 235 g/mol. The van der Waals surface area contributed by atoms with Crippen LogP contribution in [-0.4, -0.2) is 15.6 Å². The van der Waals surface area contributed by atoms with Crippen molar-refractivity contribution in [2.24, 2.45) is 0 Å². The van der Waals surface area contributed by atoms with Crippen molar-refractivity contribution >= 4 is 17.1 Å². The summed E-state index contributed by atoms with van der Waals surface area (Å²) >= 11 is 0. The molecule has 0 unspecified atom stereocenters. The van der Waals surface area contributed by atoms with E-state index < -0.39 is 11.7 Å². The highest BCUT2D eigenvalue weighted by molar-refractivity contribution is 5.77. The number of nitrogens with zero attached hydrogens (tertiary/aromatic N) is 1. The van der Waals surface area contributed by atoms with Gasteiger partial charge < -0.3 is 9.52 Å². The quantitative estimate of drug-likeness (QED) is 0.880. The summed E-state index contributed by atoms with van der Waals surface area (Å²) in [6.07, 6.45) is -0.0769. The number of hydrogen-bond donors (Lipinski definition) is 1. The van der Waals surface area contributed by atoms with Gasteiger partial charge >= 0.3 is 11.7 Å². The Bertz CT molecular complexity index is 621. The molecule has 2 aromatic rings. The standard InChI is InChI=1S/C12H13NO4/c1-7(2)13-9-4-3-8(6-11(14)15)5-10(9)17-12(13)16/h3-5,7H,6H2,1-2H3,(H,14,15). The van der Waals surface area contributed by atoms with Crippen LogP contribution in [0.5, 0.6) is 0 Å². The molecule has 1 aromatic carbocycles. The van der Waals surface area contributed by atoms with E-state index >= 15 is 0 Å². The Balaban J connectivity index is 2.57. The van der Waals surface area contributed by atoms with Gasteiger partial charge in [-0.1, -0.05) is 6.07 Å². The number of hydrogen-bond acceptors (Lipinski definition) is 3. The van der Waals surface area contributed by atoms with Crippen molar-refractivity contribution in [3.05, 3.63) is 34.3 Å². The predicted octanol–water partition coefficient (Wildman–Crippen LogP) is 1.80.